The van der Waals surface area contributed by atoms with Crippen LogP contribution in [0.15, 0.2) is 41.8 Å². The van der Waals surface area contributed by atoms with E-state index in [0.29, 0.717) is 21.8 Å². The molecular weight excluding hydrogens is 318 g/mol. The van der Waals surface area contributed by atoms with Gasteiger partial charge in [-0.1, -0.05) is 22.7 Å². The fourth-order valence-electron chi connectivity index (χ4n) is 1.92. The average Bonchev–Trinajstić information content (AvgIpc) is 3.18. The molecule has 1 N–H and O–H groups in total. The highest BCUT2D eigenvalue weighted by Crippen LogP contribution is 2.28. The van der Waals surface area contributed by atoms with Crippen molar-refractivity contribution in [2.45, 2.75) is 6.92 Å². The van der Waals surface area contributed by atoms with E-state index < -0.39 is 0 Å². The number of aromatic nitrogens is 2. The number of nitrogens with zero attached hydrogens (tertiary/aromatic N) is 2. The van der Waals surface area contributed by atoms with E-state index >= 15 is 0 Å². The SMILES string of the molecule is CC(=O)c1cccc(NC(=O)c2snnc2-c2cccs2)c1. The lowest BCUT2D eigenvalue weighted by Gasteiger charge is -2.05. The van der Waals surface area contributed by atoms with Crippen LogP contribution in [0.2, 0.25) is 0 Å². The molecule has 0 saturated carbocycles. The van der Waals surface area contributed by atoms with Gasteiger partial charge in [-0.25, -0.2) is 0 Å². The van der Waals surface area contributed by atoms with E-state index in [1.165, 1.54) is 18.3 Å². The predicted molar refractivity (Wildman–Crippen MR) is 87.6 cm³/mol. The van der Waals surface area contributed by atoms with Gasteiger partial charge in [-0.3, -0.25) is 9.59 Å². The highest BCUT2D eigenvalue weighted by Gasteiger charge is 2.18. The minimum absolute atomic E-state index is 0.0465. The van der Waals surface area contributed by atoms with Gasteiger partial charge in [-0.2, -0.15) is 0 Å². The molecule has 5 nitrogen and oxygen atoms in total. The van der Waals surface area contributed by atoms with Crippen molar-refractivity contribution in [3.05, 3.63) is 52.2 Å². The molecule has 2 heterocycles. The first-order chi connectivity index (χ1) is 10.6. The highest BCUT2D eigenvalue weighted by molar-refractivity contribution is 7.14. The number of benzene rings is 1. The Morgan fingerprint density at radius 3 is 2.77 bits per heavy atom. The number of carbonyl (C=O) groups is 2. The molecule has 0 fully saturated rings. The van der Waals surface area contributed by atoms with Crippen LogP contribution in [0.1, 0.15) is 27.0 Å². The third kappa shape index (κ3) is 2.95. The summed E-state index contributed by atoms with van der Waals surface area (Å²) < 4.78 is 3.87. The molecule has 7 heteroatoms. The van der Waals surface area contributed by atoms with Crippen molar-refractivity contribution in [2.75, 3.05) is 5.32 Å². The molecule has 2 aromatic heterocycles. The maximum absolute atomic E-state index is 12.4. The van der Waals surface area contributed by atoms with Gasteiger partial charge in [0.05, 0.1) is 4.88 Å². The number of amides is 1. The Bertz CT molecular complexity index is 825. The smallest absolute Gasteiger partial charge is 0.269 e. The van der Waals surface area contributed by atoms with Crippen molar-refractivity contribution in [2.24, 2.45) is 0 Å². The Balaban J connectivity index is 1.86. The molecule has 0 aliphatic rings. The minimum atomic E-state index is -0.279. The zero-order valence-corrected chi connectivity index (χ0v) is 13.2. The maximum Gasteiger partial charge on any atom is 0.269 e. The van der Waals surface area contributed by atoms with E-state index in [4.69, 9.17) is 0 Å². The first-order valence-corrected chi connectivity index (χ1v) is 8.09. The van der Waals surface area contributed by atoms with E-state index in [1.807, 2.05) is 17.5 Å². The van der Waals surface area contributed by atoms with Crippen LogP contribution in [0.25, 0.3) is 10.6 Å². The van der Waals surface area contributed by atoms with E-state index in [1.54, 1.807) is 24.3 Å². The molecule has 0 unspecified atom stereocenters. The number of nitrogens with one attached hydrogen (secondary N) is 1. The second-order valence-corrected chi connectivity index (χ2v) is 6.22. The van der Waals surface area contributed by atoms with Crippen molar-refractivity contribution >= 4 is 40.2 Å². The van der Waals surface area contributed by atoms with Crippen molar-refractivity contribution in [3.63, 3.8) is 0 Å². The number of anilines is 1. The van der Waals surface area contributed by atoms with Gasteiger partial charge in [0.1, 0.15) is 10.6 Å². The molecule has 0 saturated heterocycles. The quantitative estimate of drug-likeness (QED) is 0.740. The molecule has 0 spiro atoms. The number of carbonyl (C=O) groups excluding carboxylic acids is 2. The molecule has 0 radical (unpaired) electrons. The van der Waals surface area contributed by atoms with Crippen LogP contribution in [0.5, 0.6) is 0 Å². The van der Waals surface area contributed by atoms with E-state index in [-0.39, 0.29) is 11.7 Å². The second-order valence-electron chi connectivity index (χ2n) is 4.52. The summed E-state index contributed by atoms with van der Waals surface area (Å²) in [5, 5.41) is 8.74. The monoisotopic (exact) mass is 329 g/mol. The van der Waals surface area contributed by atoms with Gasteiger partial charge in [0.25, 0.3) is 5.91 Å². The summed E-state index contributed by atoms with van der Waals surface area (Å²) >= 11 is 2.56. The minimum Gasteiger partial charge on any atom is -0.321 e. The largest absolute Gasteiger partial charge is 0.321 e. The van der Waals surface area contributed by atoms with Gasteiger partial charge in [0, 0.05) is 11.3 Å². The fourth-order valence-corrected chi connectivity index (χ4v) is 3.27. The van der Waals surface area contributed by atoms with Gasteiger partial charge in [0.2, 0.25) is 0 Å². The molecule has 110 valence electrons. The summed E-state index contributed by atoms with van der Waals surface area (Å²) in [6.07, 6.45) is 0. The van der Waals surface area contributed by atoms with Crippen LogP contribution in [-0.2, 0) is 0 Å². The van der Waals surface area contributed by atoms with Crippen LogP contribution in [0.3, 0.4) is 0 Å². The van der Waals surface area contributed by atoms with E-state index in [2.05, 4.69) is 14.9 Å². The number of thiophene rings is 1. The van der Waals surface area contributed by atoms with Gasteiger partial charge in [-0.05, 0) is 42.0 Å². The lowest BCUT2D eigenvalue weighted by Crippen LogP contribution is -2.11. The molecule has 1 aromatic carbocycles. The summed E-state index contributed by atoms with van der Waals surface area (Å²) in [6.45, 7) is 1.49. The standard InChI is InChI=1S/C15H11N3O2S2/c1-9(19)10-4-2-5-11(8-10)16-15(20)14-13(17-18-22-14)12-6-3-7-21-12/h2-8H,1H3,(H,16,20). The molecule has 22 heavy (non-hydrogen) atoms. The average molecular weight is 329 g/mol. The number of rotatable bonds is 4. The third-order valence-corrected chi connectivity index (χ3v) is 4.58. The van der Waals surface area contributed by atoms with E-state index in [9.17, 15) is 9.59 Å². The normalized spacial score (nSPS) is 10.4. The molecule has 0 aliphatic heterocycles. The fraction of sp³-hybridized carbons (Fsp3) is 0.0667. The Labute approximate surface area is 134 Å². The molecule has 3 aromatic rings. The summed E-state index contributed by atoms with van der Waals surface area (Å²) in [5.41, 5.74) is 1.71. The highest BCUT2D eigenvalue weighted by atomic mass is 32.1. The number of hydrogen-bond acceptors (Lipinski definition) is 6. The van der Waals surface area contributed by atoms with Crippen molar-refractivity contribution < 1.29 is 9.59 Å². The zero-order chi connectivity index (χ0) is 15.5. The molecule has 0 atom stereocenters. The Morgan fingerprint density at radius 1 is 1.18 bits per heavy atom. The number of hydrogen-bond donors (Lipinski definition) is 1. The summed E-state index contributed by atoms with van der Waals surface area (Å²) in [7, 11) is 0. The molecule has 0 aliphatic carbocycles. The van der Waals surface area contributed by atoms with Gasteiger partial charge in [-0.15, -0.1) is 16.4 Å². The zero-order valence-electron chi connectivity index (χ0n) is 11.6. The van der Waals surface area contributed by atoms with Crippen LogP contribution in [0.4, 0.5) is 5.69 Å². The van der Waals surface area contributed by atoms with Crippen LogP contribution in [0, 0.1) is 0 Å². The first-order valence-electron chi connectivity index (χ1n) is 6.44. The molecule has 3 rings (SSSR count). The Morgan fingerprint density at radius 2 is 2.05 bits per heavy atom. The first kappa shape index (κ1) is 14.6. The second kappa shape index (κ2) is 6.17. The lowest BCUT2D eigenvalue weighted by molar-refractivity contribution is 0.101. The van der Waals surface area contributed by atoms with Crippen molar-refractivity contribution in [3.8, 4) is 10.6 Å². The summed E-state index contributed by atoms with van der Waals surface area (Å²) in [5.74, 6) is -0.325. The van der Waals surface area contributed by atoms with Crippen LogP contribution < -0.4 is 5.32 Å². The van der Waals surface area contributed by atoms with E-state index in [0.717, 1.165) is 16.4 Å². The molecular formula is C15H11N3O2S2. The van der Waals surface area contributed by atoms with Crippen molar-refractivity contribution in [1.29, 1.82) is 0 Å². The van der Waals surface area contributed by atoms with Gasteiger partial charge >= 0.3 is 0 Å². The van der Waals surface area contributed by atoms with Crippen LogP contribution in [-0.4, -0.2) is 21.3 Å². The summed E-state index contributed by atoms with van der Waals surface area (Å²) in [4.78, 5) is 25.2. The Kier molecular flexibility index (Phi) is 4.08. The van der Waals surface area contributed by atoms with Gasteiger partial charge < -0.3 is 5.32 Å². The third-order valence-electron chi connectivity index (χ3n) is 2.98. The maximum atomic E-state index is 12.4. The van der Waals surface area contributed by atoms with Gasteiger partial charge in [0.15, 0.2) is 5.78 Å². The summed E-state index contributed by atoms with van der Waals surface area (Å²) in [6, 6.07) is 10.6. The number of ketones is 1. The van der Waals surface area contributed by atoms with Crippen molar-refractivity contribution in [1.82, 2.24) is 9.59 Å². The predicted octanol–water partition coefficient (Wildman–Crippen LogP) is 3.72. The molecule has 1 amide bonds. The lowest BCUT2D eigenvalue weighted by atomic mass is 10.1. The Hall–Kier alpha value is -2.38. The van der Waals surface area contributed by atoms with Crippen LogP contribution >= 0.6 is 22.9 Å². The molecule has 0 bridgehead atoms. The topological polar surface area (TPSA) is 72.0 Å². The number of Topliss-reactive ketones (excluding diaryl/α,β-unsaturated/α-hetero) is 1.